The van der Waals surface area contributed by atoms with E-state index >= 15 is 0 Å². The lowest BCUT2D eigenvalue weighted by atomic mass is 9.79. The lowest BCUT2D eigenvalue weighted by molar-refractivity contribution is 0.0873. The molecule has 162 valence electrons. The number of rotatable bonds is 6. The fourth-order valence-corrected chi connectivity index (χ4v) is 4.58. The van der Waals surface area contributed by atoms with Gasteiger partial charge in [-0.15, -0.1) is 0 Å². The van der Waals surface area contributed by atoms with Crippen molar-refractivity contribution >= 4 is 5.91 Å². The van der Waals surface area contributed by atoms with Gasteiger partial charge in [-0.05, 0) is 96.6 Å². The summed E-state index contributed by atoms with van der Waals surface area (Å²) in [5, 5.41) is 6.87. The number of carbonyl (C=O) groups excluding carboxylic acids is 1. The number of benzene rings is 2. The van der Waals surface area contributed by atoms with Crippen molar-refractivity contribution in [1.29, 1.82) is 0 Å². The Hall–Kier alpha value is -2.37. The van der Waals surface area contributed by atoms with Crippen LogP contribution in [0, 0.1) is 0 Å². The topological polar surface area (TPSA) is 53.6 Å². The predicted octanol–water partition coefficient (Wildman–Crippen LogP) is 4.58. The van der Waals surface area contributed by atoms with Gasteiger partial charge < -0.3 is 20.3 Å². The molecule has 2 aromatic carbocycles. The smallest absolute Gasteiger partial charge is 0.251 e. The summed E-state index contributed by atoms with van der Waals surface area (Å²) in [5.41, 5.74) is 1.84. The summed E-state index contributed by atoms with van der Waals surface area (Å²) in [6.07, 6.45) is 1.82. The van der Waals surface area contributed by atoms with Crippen molar-refractivity contribution < 1.29 is 9.53 Å². The Balaban J connectivity index is 1.62. The summed E-state index contributed by atoms with van der Waals surface area (Å²) in [5.74, 6) is 1.48. The van der Waals surface area contributed by atoms with E-state index in [0.29, 0.717) is 5.56 Å². The molecule has 0 radical (unpaired) electrons. The summed E-state index contributed by atoms with van der Waals surface area (Å²) in [4.78, 5) is 14.9. The van der Waals surface area contributed by atoms with Gasteiger partial charge in [0.15, 0.2) is 0 Å². The third-order valence-corrected chi connectivity index (χ3v) is 5.27. The zero-order valence-electron chi connectivity index (χ0n) is 19.1. The highest BCUT2D eigenvalue weighted by molar-refractivity contribution is 5.94. The molecular weight excluding hydrogens is 374 g/mol. The first-order chi connectivity index (χ1) is 14.0. The van der Waals surface area contributed by atoms with Gasteiger partial charge in [0.05, 0.1) is 0 Å². The number of carbonyl (C=O) groups is 1. The van der Waals surface area contributed by atoms with Crippen LogP contribution in [0.2, 0.25) is 0 Å². The van der Waals surface area contributed by atoms with Crippen molar-refractivity contribution in [1.82, 2.24) is 15.5 Å². The normalized spacial score (nSPS) is 18.2. The fourth-order valence-electron chi connectivity index (χ4n) is 4.58. The number of nitrogens with one attached hydrogen (secondary N) is 2. The van der Waals surface area contributed by atoms with Crippen molar-refractivity contribution in [3.05, 3.63) is 59.7 Å². The zero-order valence-corrected chi connectivity index (χ0v) is 19.1. The van der Waals surface area contributed by atoms with E-state index in [1.54, 1.807) is 0 Å². The molecule has 0 bridgehead atoms. The third-order valence-electron chi connectivity index (χ3n) is 5.27. The first-order valence-electron chi connectivity index (χ1n) is 10.6. The van der Waals surface area contributed by atoms with Crippen LogP contribution in [0.3, 0.4) is 0 Å². The lowest BCUT2D eigenvalue weighted by Crippen LogP contribution is -2.62. The lowest BCUT2D eigenvalue weighted by Gasteiger charge is -2.46. The molecule has 0 aromatic heterocycles. The number of hydrogen-bond donors (Lipinski definition) is 2. The summed E-state index contributed by atoms with van der Waals surface area (Å²) < 4.78 is 5.98. The second kappa shape index (κ2) is 8.78. The Bertz CT molecular complexity index is 856. The molecule has 0 saturated carbocycles. The maximum Gasteiger partial charge on any atom is 0.251 e. The molecule has 0 spiro atoms. The van der Waals surface area contributed by atoms with Crippen LogP contribution in [0.25, 0.3) is 0 Å². The zero-order chi connectivity index (χ0) is 21.9. The standard InChI is InChI=1S/C25H35N3O2/c1-24(2)15-20(16-25(3,4)27-24)26-23(29)19-10-12-21(13-11-19)30-22-9-7-8-18(14-22)17-28(5)6/h7-14,20,27H,15-17H2,1-6H3,(H,26,29). The van der Waals surface area contributed by atoms with Gasteiger partial charge in [0, 0.05) is 29.2 Å². The fraction of sp³-hybridized carbons (Fsp3) is 0.480. The summed E-state index contributed by atoms with van der Waals surface area (Å²) in [6, 6.07) is 15.6. The van der Waals surface area contributed by atoms with Gasteiger partial charge in [0.2, 0.25) is 0 Å². The highest BCUT2D eigenvalue weighted by Crippen LogP contribution is 2.29. The number of piperidine rings is 1. The number of ether oxygens (including phenoxy) is 1. The molecule has 2 N–H and O–H groups in total. The summed E-state index contributed by atoms with van der Waals surface area (Å²) in [7, 11) is 4.09. The summed E-state index contributed by atoms with van der Waals surface area (Å²) in [6.45, 7) is 9.61. The summed E-state index contributed by atoms with van der Waals surface area (Å²) >= 11 is 0. The average molecular weight is 410 g/mol. The van der Waals surface area contributed by atoms with Crippen molar-refractivity contribution in [3.63, 3.8) is 0 Å². The molecular formula is C25H35N3O2. The van der Waals surface area contributed by atoms with Crippen LogP contribution in [-0.2, 0) is 6.54 Å². The van der Waals surface area contributed by atoms with Crippen LogP contribution in [0.1, 0.15) is 56.5 Å². The second-order valence-corrected chi connectivity index (χ2v) is 9.98. The third kappa shape index (κ3) is 6.31. The molecule has 1 heterocycles. The molecule has 30 heavy (non-hydrogen) atoms. The molecule has 0 unspecified atom stereocenters. The van der Waals surface area contributed by atoms with E-state index in [1.165, 1.54) is 5.56 Å². The van der Waals surface area contributed by atoms with E-state index in [9.17, 15) is 4.79 Å². The average Bonchev–Trinajstić information content (AvgIpc) is 2.59. The van der Waals surface area contributed by atoms with Crippen molar-refractivity contribution in [2.45, 2.75) is 64.2 Å². The largest absolute Gasteiger partial charge is 0.457 e. The van der Waals surface area contributed by atoms with Gasteiger partial charge in [-0.25, -0.2) is 0 Å². The van der Waals surface area contributed by atoms with Gasteiger partial charge >= 0.3 is 0 Å². The van der Waals surface area contributed by atoms with E-state index in [4.69, 9.17) is 4.74 Å². The van der Waals surface area contributed by atoms with E-state index in [2.05, 4.69) is 49.3 Å². The molecule has 0 atom stereocenters. The quantitative estimate of drug-likeness (QED) is 0.733. The van der Waals surface area contributed by atoms with Crippen molar-refractivity contribution in [3.8, 4) is 11.5 Å². The highest BCUT2D eigenvalue weighted by Gasteiger charge is 2.38. The van der Waals surface area contributed by atoms with E-state index in [-0.39, 0.29) is 23.0 Å². The van der Waals surface area contributed by atoms with Gasteiger partial charge in [-0.2, -0.15) is 0 Å². The first-order valence-corrected chi connectivity index (χ1v) is 10.6. The van der Waals surface area contributed by atoms with Gasteiger partial charge in [0.1, 0.15) is 11.5 Å². The minimum Gasteiger partial charge on any atom is -0.457 e. The van der Waals surface area contributed by atoms with Crippen molar-refractivity contribution in [2.24, 2.45) is 0 Å². The van der Waals surface area contributed by atoms with E-state index in [0.717, 1.165) is 30.9 Å². The number of hydrogen-bond acceptors (Lipinski definition) is 4. The van der Waals surface area contributed by atoms with Gasteiger partial charge in [-0.1, -0.05) is 12.1 Å². The van der Waals surface area contributed by atoms with Crippen LogP contribution in [0.15, 0.2) is 48.5 Å². The Morgan fingerprint density at radius 1 is 1.03 bits per heavy atom. The van der Waals surface area contributed by atoms with E-state index < -0.39 is 0 Å². The Morgan fingerprint density at radius 3 is 2.27 bits per heavy atom. The second-order valence-electron chi connectivity index (χ2n) is 9.98. The van der Waals surface area contributed by atoms with Crippen LogP contribution in [0.5, 0.6) is 11.5 Å². The van der Waals surface area contributed by atoms with Crippen molar-refractivity contribution in [2.75, 3.05) is 14.1 Å². The monoisotopic (exact) mass is 409 g/mol. The maximum atomic E-state index is 12.8. The molecule has 0 aliphatic carbocycles. The van der Waals surface area contributed by atoms with Crippen LogP contribution in [-0.4, -0.2) is 42.0 Å². The van der Waals surface area contributed by atoms with Crippen LogP contribution in [0.4, 0.5) is 0 Å². The number of amides is 1. The molecule has 1 fully saturated rings. The molecule has 1 saturated heterocycles. The first kappa shape index (κ1) is 22.3. The minimum atomic E-state index is -0.0342. The maximum absolute atomic E-state index is 12.8. The van der Waals surface area contributed by atoms with E-state index in [1.807, 2.05) is 56.6 Å². The van der Waals surface area contributed by atoms with Gasteiger partial charge in [-0.3, -0.25) is 4.79 Å². The predicted molar refractivity (Wildman–Crippen MR) is 122 cm³/mol. The Kier molecular flexibility index (Phi) is 6.53. The van der Waals surface area contributed by atoms with Crippen LogP contribution < -0.4 is 15.4 Å². The SMILES string of the molecule is CN(C)Cc1cccc(Oc2ccc(C(=O)NC3CC(C)(C)NC(C)(C)C3)cc2)c1. The molecule has 2 aromatic rings. The Labute approximate surface area is 180 Å². The molecule has 5 heteroatoms. The minimum absolute atomic E-state index is 0.00147. The number of nitrogens with zero attached hydrogens (tertiary/aromatic N) is 1. The highest BCUT2D eigenvalue weighted by atomic mass is 16.5. The molecule has 1 aliphatic rings. The van der Waals surface area contributed by atoms with Crippen LogP contribution >= 0.6 is 0 Å². The van der Waals surface area contributed by atoms with Gasteiger partial charge in [0.25, 0.3) is 5.91 Å². The Morgan fingerprint density at radius 2 is 1.67 bits per heavy atom. The molecule has 1 amide bonds. The molecule has 5 nitrogen and oxygen atoms in total. The molecule has 1 aliphatic heterocycles. The molecule has 3 rings (SSSR count).